The predicted molar refractivity (Wildman–Crippen MR) is 65.2 cm³/mol. The van der Waals surface area contributed by atoms with Crippen molar-refractivity contribution < 1.29 is 0 Å². The average Bonchev–Trinajstić information content (AvgIpc) is 2.72. The zero-order valence-electron chi connectivity index (χ0n) is 7.05. The SMILES string of the molecule is NCc1[nH]nc(-c2cc(Br)cs2)c1Br. The Morgan fingerprint density at radius 3 is 2.79 bits per heavy atom. The van der Waals surface area contributed by atoms with Crippen molar-refractivity contribution >= 4 is 43.2 Å². The molecule has 0 unspecified atom stereocenters. The Bertz CT molecular complexity index is 449. The van der Waals surface area contributed by atoms with Crippen LogP contribution in [0.3, 0.4) is 0 Å². The van der Waals surface area contributed by atoms with Crippen molar-refractivity contribution in [3.63, 3.8) is 0 Å². The van der Waals surface area contributed by atoms with Gasteiger partial charge in [0.2, 0.25) is 0 Å². The molecule has 0 aliphatic heterocycles. The van der Waals surface area contributed by atoms with Gasteiger partial charge in [-0.1, -0.05) is 0 Å². The zero-order valence-corrected chi connectivity index (χ0v) is 11.0. The van der Waals surface area contributed by atoms with E-state index in [1.807, 2.05) is 11.4 Å². The molecule has 0 saturated carbocycles. The lowest BCUT2D eigenvalue weighted by Crippen LogP contribution is -1.96. The maximum atomic E-state index is 5.54. The molecule has 2 aromatic rings. The number of halogens is 2. The Labute approximate surface area is 102 Å². The lowest BCUT2D eigenvalue weighted by molar-refractivity contribution is 0.945. The van der Waals surface area contributed by atoms with Gasteiger partial charge in [0.15, 0.2) is 0 Å². The van der Waals surface area contributed by atoms with Crippen LogP contribution < -0.4 is 5.73 Å². The molecule has 0 aromatic carbocycles. The second-order valence-electron chi connectivity index (χ2n) is 2.70. The molecule has 3 nitrogen and oxygen atoms in total. The lowest BCUT2D eigenvalue weighted by Gasteiger charge is -1.92. The number of nitrogens with two attached hydrogens (primary N) is 1. The van der Waals surface area contributed by atoms with Gasteiger partial charge >= 0.3 is 0 Å². The minimum Gasteiger partial charge on any atom is -0.325 e. The molecular weight excluding hydrogens is 330 g/mol. The number of H-pyrrole nitrogens is 1. The number of nitrogens with zero attached hydrogens (tertiary/aromatic N) is 1. The fraction of sp³-hybridized carbons (Fsp3) is 0.125. The predicted octanol–water partition coefficient (Wildman–Crippen LogP) is 3.12. The van der Waals surface area contributed by atoms with Crippen LogP contribution in [0, 0.1) is 0 Å². The van der Waals surface area contributed by atoms with E-state index >= 15 is 0 Å². The molecule has 0 atom stereocenters. The molecular formula is C8H7Br2N3S. The van der Waals surface area contributed by atoms with Crippen molar-refractivity contribution in [3.8, 4) is 10.6 Å². The summed E-state index contributed by atoms with van der Waals surface area (Å²) in [6.45, 7) is 0.458. The minimum absolute atomic E-state index is 0.458. The summed E-state index contributed by atoms with van der Waals surface area (Å²) < 4.78 is 2.02. The summed E-state index contributed by atoms with van der Waals surface area (Å²) in [6, 6.07) is 2.03. The van der Waals surface area contributed by atoms with Gasteiger partial charge in [-0.05, 0) is 37.9 Å². The summed E-state index contributed by atoms with van der Waals surface area (Å²) in [7, 11) is 0. The normalized spacial score (nSPS) is 10.8. The molecule has 0 bridgehead atoms. The number of hydrogen-bond donors (Lipinski definition) is 2. The molecule has 6 heteroatoms. The van der Waals surface area contributed by atoms with Gasteiger partial charge in [0, 0.05) is 16.4 Å². The third-order valence-corrected chi connectivity index (χ3v) is 4.33. The number of thiophene rings is 1. The van der Waals surface area contributed by atoms with Crippen LogP contribution in [0.25, 0.3) is 10.6 Å². The van der Waals surface area contributed by atoms with Gasteiger partial charge in [0.05, 0.1) is 15.0 Å². The molecule has 14 heavy (non-hydrogen) atoms. The van der Waals surface area contributed by atoms with Crippen LogP contribution in [0.4, 0.5) is 0 Å². The van der Waals surface area contributed by atoms with Gasteiger partial charge in [-0.3, -0.25) is 5.10 Å². The van der Waals surface area contributed by atoms with Crippen molar-refractivity contribution in [1.29, 1.82) is 0 Å². The fourth-order valence-electron chi connectivity index (χ4n) is 1.10. The first-order valence-corrected chi connectivity index (χ1v) is 6.36. The highest BCUT2D eigenvalue weighted by Crippen LogP contribution is 2.34. The first-order chi connectivity index (χ1) is 6.72. The first-order valence-electron chi connectivity index (χ1n) is 3.89. The fourth-order valence-corrected chi connectivity index (χ4v) is 3.21. The van der Waals surface area contributed by atoms with Crippen LogP contribution in [0.1, 0.15) is 5.69 Å². The molecule has 0 radical (unpaired) electrons. The van der Waals surface area contributed by atoms with Crippen molar-refractivity contribution in [1.82, 2.24) is 10.2 Å². The highest BCUT2D eigenvalue weighted by Gasteiger charge is 2.12. The van der Waals surface area contributed by atoms with Crippen LogP contribution >= 0.6 is 43.2 Å². The van der Waals surface area contributed by atoms with E-state index in [1.54, 1.807) is 11.3 Å². The van der Waals surface area contributed by atoms with Crippen LogP contribution in [-0.4, -0.2) is 10.2 Å². The van der Waals surface area contributed by atoms with Gasteiger partial charge < -0.3 is 5.73 Å². The number of aromatic amines is 1. The van der Waals surface area contributed by atoms with Crippen molar-refractivity contribution in [3.05, 3.63) is 26.1 Å². The van der Waals surface area contributed by atoms with E-state index in [0.717, 1.165) is 25.2 Å². The van der Waals surface area contributed by atoms with Crippen LogP contribution in [0.15, 0.2) is 20.4 Å². The Morgan fingerprint density at radius 1 is 1.50 bits per heavy atom. The average molecular weight is 337 g/mol. The molecule has 0 aliphatic rings. The Hall–Kier alpha value is -0.170. The summed E-state index contributed by atoms with van der Waals surface area (Å²) in [5.74, 6) is 0. The smallest absolute Gasteiger partial charge is 0.117 e. The van der Waals surface area contributed by atoms with E-state index in [4.69, 9.17) is 5.73 Å². The van der Waals surface area contributed by atoms with Crippen LogP contribution in [0.2, 0.25) is 0 Å². The summed E-state index contributed by atoms with van der Waals surface area (Å²) >= 11 is 8.53. The Kier molecular flexibility index (Phi) is 3.06. The molecule has 0 amide bonds. The Morgan fingerprint density at radius 2 is 2.29 bits per heavy atom. The van der Waals surface area contributed by atoms with Crippen LogP contribution in [0.5, 0.6) is 0 Å². The molecule has 0 aliphatic carbocycles. The van der Waals surface area contributed by atoms with Gasteiger partial charge in [-0.25, -0.2) is 0 Å². The highest BCUT2D eigenvalue weighted by molar-refractivity contribution is 9.11. The maximum absolute atomic E-state index is 5.54. The van der Waals surface area contributed by atoms with Gasteiger partial charge in [-0.15, -0.1) is 11.3 Å². The number of nitrogens with one attached hydrogen (secondary N) is 1. The molecule has 2 heterocycles. The van der Waals surface area contributed by atoms with Crippen molar-refractivity contribution in [2.75, 3.05) is 0 Å². The first kappa shape index (κ1) is 10.4. The summed E-state index contributed by atoms with van der Waals surface area (Å²) in [6.07, 6.45) is 0. The van der Waals surface area contributed by atoms with Crippen molar-refractivity contribution in [2.45, 2.75) is 6.54 Å². The third-order valence-electron chi connectivity index (χ3n) is 1.78. The van der Waals surface area contributed by atoms with E-state index in [9.17, 15) is 0 Å². The topological polar surface area (TPSA) is 54.7 Å². The van der Waals surface area contributed by atoms with E-state index < -0.39 is 0 Å². The number of aromatic nitrogens is 2. The molecule has 0 saturated heterocycles. The summed E-state index contributed by atoms with van der Waals surface area (Å²) in [5, 5.41) is 9.14. The van der Waals surface area contributed by atoms with E-state index in [-0.39, 0.29) is 0 Å². The molecule has 2 aromatic heterocycles. The third kappa shape index (κ3) is 1.79. The summed E-state index contributed by atoms with van der Waals surface area (Å²) in [4.78, 5) is 1.11. The Balaban J connectivity index is 2.46. The highest BCUT2D eigenvalue weighted by atomic mass is 79.9. The summed E-state index contributed by atoms with van der Waals surface area (Å²) in [5.41, 5.74) is 7.38. The standard InChI is InChI=1S/C8H7Br2N3S/c9-4-1-6(14-3-4)8-7(10)5(2-11)12-13-8/h1,3H,2,11H2,(H,12,13). The molecule has 0 spiro atoms. The van der Waals surface area contributed by atoms with Gasteiger partial charge in [0.25, 0.3) is 0 Å². The maximum Gasteiger partial charge on any atom is 0.117 e. The molecule has 74 valence electrons. The molecule has 0 fully saturated rings. The second-order valence-corrected chi connectivity index (χ2v) is 5.32. The van der Waals surface area contributed by atoms with Crippen molar-refractivity contribution in [2.24, 2.45) is 5.73 Å². The quantitative estimate of drug-likeness (QED) is 0.885. The lowest BCUT2D eigenvalue weighted by atomic mass is 10.3. The minimum atomic E-state index is 0.458. The van der Waals surface area contributed by atoms with E-state index in [0.29, 0.717) is 6.54 Å². The monoisotopic (exact) mass is 335 g/mol. The number of hydrogen-bond acceptors (Lipinski definition) is 3. The zero-order chi connectivity index (χ0) is 10.1. The molecule has 2 rings (SSSR count). The van der Waals surface area contributed by atoms with E-state index in [1.165, 1.54) is 0 Å². The largest absolute Gasteiger partial charge is 0.325 e. The molecule has 3 N–H and O–H groups in total. The van der Waals surface area contributed by atoms with Gasteiger partial charge in [-0.2, -0.15) is 5.10 Å². The second kappa shape index (κ2) is 4.14. The number of rotatable bonds is 2. The van der Waals surface area contributed by atoms with Gasteiger partial charge in [0.1, 0.15) is 5.69 Å². The van der Waals surface area contributed by atoms with E-state index in [2.05, 4.69) is 42.1 Å². The van der Waals surface area contributed by atoms with Crippen LogP contribution in [-0.2, 0) is 6.54 Å².